The molecule has 6 nitrogen and oxygen atoms in total. The fraction of sp³-hybridized carbons (Fsp3) is 0.231. The third kappa shape index (κ3) is 2.06. The van der Waals surface area contributed by atoms with E-state index in [4.69, 9.17) is 0 Å². The Morgan fingerprint density at radius 1 is 1.16 bits per heavy atom. The second-order valence-corrected chi connectivity index (χ2v) is 4.31. The van der Waals surface area contributed by atoms with E-state index in [0.717, 1.165) is 22.3 Å². The lowest BCUT2D eigenvalue weighted by Crippen LogP contribution is -2.20. The topological polar surface area (TPSA) is 68.5 Å². The quantitative estimate of drug-likeness (QED) is 0.757. The van der Waals surface area contributed by atoms with E-state index in [1.165, 1.54) is 0 Å². The Bertz CT molecular complexity index is 705. The number of fused-ring (bicyclic) bond motifs is 1. The van der Waals surface area contributed by atoms with Gasteiger partial charge in [0.05, 0.1) is 29.0 Å². The fourth-order valence-electron chi connectivity index (χ4n) is 2.20. The standard InChI is InChI=1S/C13H14N6/c1-14-13(12-8-17-18-19(12)2)9-3-4-10-11(7-9)16-6-5-15-10/h3-8,13-14H,1-2H3. The molecule has 1 unspecified atom stereocenters. The van der Waals surface area contributed by atoms with E-state index in [0.29, 0.717) is 0 Å². The van der Waals surface area contributed by atoms with Crippen LogP contribution in [0.1, 0.15) is 17.3 Å². The molecule has 2 aromatic heterocycles. The Hall–Kier alpha value is -2.34. The molecule has 3 aromatic rings. The van der Waals surface area contributed by atoms with Gasteiger partial charge in [0.15, 0.2) is 0 Å². The van der Waals surface area contributed by atoms with E-state index in [9.17, 15) is 0 Å². The Kier molecular flexibility index (Phi) is 2.92. The number of aromatic nitrogens is 5. The molecule has 0 aliphatic carbocycles. The van der Waals surface area contributed by atoms with E-state index in [-0.39, 0.29) is 6.04 Å². The average molecular weight is 254 g/mol. The number of rotatable bonds is 3. The minimum absolute atomic E-state index is 0.0337. The summed E-state index contributed by atoms with van der Waals surface area (Å²) in [5, 5.41) is 11.2. The summed E-state index contributed by atoms with van der Waals surface area (Å²) in [5.74, 6) is 0. The lowest BCUT2D eigenvalue weighted by atomic mass is 10.0. The number of aryl methyl sites for hydroxylation is 1. The third-order valence-corrected chi connectivity index (χ3v) is 3.16. The van der Waals surface area contributed by atoms with Crippen LogP contribution in [0.2, 0.25) is 0 Å². The zero-order chi connectivity index (χ0) is 13.2. The molecule has 2 heterocycles. The summed E-state index contributed by atoms with van der Waals surface area (Å²) in [7, 11) is 3.80. The van der Waals surface area contributed by atoms with Gasteiger partial charge in [-0.2, -0.15) is 0 Å². The molecular formula is C13H14N6. The number of hydrogen-bond donors (Lipinski definition) is 1. The fourth-order valence-corrected chi connectivity index (χ4v) is 2.20. The van der Waals surface area contributed by atoms with E-state index < -0.39 is 0 Å². The molecule has 0 bridgehead atoms. The van der Waals surface area contributed by atoms with Gasteiger partial charge < -0.3 is 5.32 Å². The Morgan fingerprint density at radius 2 is 1.95 bits per heavy atom. The van der Waals surface area contributed by atoms with E-state index in [1.807, 2.05) is 32.3 Å². The van der Waals surface area contributed by atoms with Crippen molar-refractivity contribution in [3.05, 3.63) is 48.0 Å². The first kappa shape index (κ1) is 11.7. The summed E-state index contributed by atoms with van der Waals surface area (Å²) < 4.78 is 1.77. The van der Waals surface area contributed by atoms with Gasteiger partial charge in [-0.05, 0) is 24.7 Å². The minimum Gasteiger partial charge on any atom is -0.308 e. The second kappa shape index (κ2) is 4.74. The molecule has 1 atom stereocenters. The maximum Gasteiger partial charge on any atom is 0.0890 e. The van der Waals surface area contributed by atoms with Gasteiger partial charge in [-0.3, -0.25) is 14.6 Å². The highest BCUT2D eigenvalue weighted by Crippen LogP contribution is 2.22. The summed E-state index contributed by atoms with van der Waals surface area (Å²) in [5.41, 5.74) is 3.89. The van der Waals surface area contributed by atoms with E-state index in [2.05, 4.69) is 25.6 Å². The van der Waals surface area contributed by atoms with Crippen molar-refractivity contribution in [3.8, 4) is 0 Å². The van der Waals surface area contributed by atoms with Gasteiger partial charge in [0, 0.05) is 19.4 Å². The lowest BCUT2D eigenvalue weighted by molar-refractivity contribution is 0.598. The predicted molar refractivity (Wildman–Crippen MR) is 71.4 cm³/mol. The van der Waals surface area contributed by atoms with Crippen LogP contribution in [0.25, 0.3) is 11.0 Å². The average Bonchev–Trinajstić information content (AvgIpc) is 2.86. The van der Waals surface area contributed by atoms with Crippen molar-refractivity contribution in [2.24, 2.45) is 7.05 Å². The highest BCUT2D eigenvalue weighted by Gasteiger charge is 2.16. The summed E-state index contributed by atoms with van der Waals surface area (Å²) in [6.45, 7) is 0. The molecule has 96 valence electrons. The maximum absolute atomic E-state index is 4.33. The highest BCUT2D eigenvalue weighted by molar-refractivity contribution is 5.74. The van der Waals surface area contributed by atoms with Gasteiger partial charge in [-0.15, -0.1) is 5.10 Å². The zero-order valence-corrected chi connectivity index (χ0v) is 10.8. The van der Waals surface area contributed by atoms with Crippen LogP contribution < -0.4 is 5.32 Å². The normalized spacial score (nSPS) is 12.7. The third-order valence-electron chi connectivity index (χ3n) is 3.16. The van der Waals surface area contributed by atoms with Crippen molar-refractivity contribution >= 4 is 11.0 Å². The number of nitrogens with zero attached hydrogens (tertiary/aromatic N) is 5. The Balaban J connectivity index is 2.09. The minimum atomic E-state index is 0.0337. The number of benzene rings is 1. The van der Waals surface area contributed by atoms with E-state index in [1.54, 1.807) is 23.3 Å². The molecule has 0 saturated carbocycles. The predicted octanol–water partition coefficient (Wildman–Crippen LogP) is 1.07. The monoisotopic (exact) mass is 254 g/mol. The molecule has 6 heteroatoms. The Morgan fingerprint density at radius 3 is 2.63 bits per heavy atom. The molecule has 0 spiro atoms. The molecule has 0 radical (unpaired) electrons. The van der Waals surface area contributed by atoms with Crippen LogP contribution in [-0.2, 0) is 7.05 Å². The molecule has 1 aromatic carbocycles. The van der Waals surface area contributed by atoms with Gasteiger partial charge in [0.2, 0.25) is 0 Å². The molecule has 19 heavy (non-hydrogen) atoms. The zero-order valence-electron chi connectivity index (χ0n) is 10.8. The summed E-state index contributed by atoms with van der Waals surface area (Å²) >= 11 is 0. The number of nitrogens with one attached hydrogen (secondary N) is 1. The largest absolute Gasteiger partial charge is 0.308 e. The highest BCUT2D eigenvalue weighted by atomic mass is 15.4. The van der Waals surface area contributed by atoms with Gasteiger partial charge in [-0.1, -0.05) is 11.3 Å². The molecular weight excluding hydrogens is 240 g/mol. The first-order valence-corrected chi connectivity index (χ1v) is 6.02. The Labute approximate surface area is 110 Å². The van der Waals surface area contributed by atoms with Crippen LogP contribution in [0, 0.1) is 0 Å². The molecule has 1 N–H and O–H groups in total. The van der Waals surface area contributed by atoms with Gasteiger partial charge in [-0.25, -0.2) is 0 Å². The molecule has 3 rings (SSSR count). The smallest absolute Gasteiger partial charge is 0.0890 e. The van der Waals surface area contributed by atoms with Crippen molar-refractivity contribution in [2.75, 3.05) is 7.05 Å². The van der Waals surface area contributed by atoms with Crippen molar-refractivity contribution in [2.45, 2.75) is 6.04 Å². The first-order chi connectivity index (χ1) is 9.29. The SMILES string of the molecule is CNC(c1ccc2nccnc2c1)c1cnnn1C. The van der Waals surface area contributed by atoms with Crippen LogP contribution in [0.3, 0.4) is 0 Å². The van der Waals surface area contributed by atoms with Crippen LogP contribution in [0.15, 0.2) is 36.8 Å². The van der Waals surface area contributed by atoms with E-state index >= 15 is 0 Å². The summed E-state index contributed by atoms with van der Waals surface area (Å²) in [4.78, 5) is 8.61. The van der Waals surface area contributed by atoms with Gasteiger partial charge in [0.25, 0.3) is 0 Å². The van der Waals surface area contributed by atoms with Crippen molar-refractivity contribution in [3.63, 3.8) is 0 Å². The first-order valence-electron chi connectivity index (χ1n) is 6.02. The molecule has 0 aliphatic rings. The van der Waals surface area contributed by atoms with Crippen LogP contribution in [-0.4, -0.2) is 32.0 Å². The summed E-state index contributed by atoms with van der Waals surface area (Å²) in [6, 6.07) is 6.10. The second-order valence-electron chi connectivity index (χ2n) is 4.31. The number of hydrogen-bond acceptors (Lipinski definition) is 5. The van der Waals surface area contributed by atoms with Crippen LogP contribution >= 0.6 is 0 Å². The molecule has 0 amide bonds. The van der Waals surface area contributed by atoms with Crippen molar-refractivity contribution in [1.82, 2.24) is 30.3 Å². The molecule has 0 fully saturated rings. The van der Waals surface area contributed by atoms with Gasteiger partial charge in [0.1, 0.15) is 0 Å². The van der Waals surface area contributed by atoms with Crippen molar-refractivity contribution in [1.29, 1.82) is 0 Å². The lowest BCUT2D eigenvalue weighted by Gasteiger charge is -2.16. The molecule has 0 aliphatic heterocycles. The maximum atomic E-state index is 4.33. The van der Waals surface area contributed by atoms with Crippen molar-refractivity contribution < 1.29 is 0 Å². The summed E-state index contributed by atoms with van der Waals surface area (Å²) in [6.07, 6.45) is 5.16. The van der Waals surface area contributed by atoms with Gasteiger partial charge >= 0.3 is 0 Å². The van der Waals surface area contributed by atoms with Crippen LogP contribution in [0.4, 0.5) is 0 Å². The van der Waals surface area contributed by atoms with Crippen LogP contribution in [0.5, 0.6) is 0 Å². The molecule has 0 saturated heterocycles.